The molecule has 2 aromatic heterocycles. The molecule has 0 unspecified atom stereocenters. The average Bonchev–Trinajstić information content (AvgIpc) is 3.56. The third-order valence-corrected chi connectivity index (χ3v) is 11.1. The molecule has 0 bridgehead atoms. The fraction of sp³-hybridized carbons (Fsp3) is 0.312. The van der Waals surface area contributed by atoms with E-state index >= 15 is 0 Å². The van der Waals surface area contributed by atoms with E-state index in [0.717, 1.165) is 67.8 Å². The molecule has 252 valence electrons. The van der Waals surface area contributed by atoms with Gasteiger partial charge in [0.1, 0.15) is 11.2 Å². The first-order valence-electron chi connectivity index (χ1n) is 14.9. The molecular weight excluding hydrogens is 722 g/mol. The Morgan fingerprint density at radius 2 is 1.81 bits per heavy atom. The Kier molecular flexibility index (Phi) is 14.9. The van der Waals surface area contributed by atoms with Gasteiger partial charge in [0.05, 0.1) is 20.8 Å². The van der Waals surface area contributed by atoms with Gasteiger partial charge < -0.3 is 14.7 Å². The number of allylic oxidation sites excluding steroid dienone is 2. The fourth-order valence-electron chi connectivity index (χ4n) is 4.77. The molecule has 0 saturated heterocycles. The van der Waals surface area contributed by atoms with Crippen LogP contribution < -0.4 is 19.3 Å². The SMILES string of the molecule is CCC(=C\c1sc2ccc(Cl)cc2[n+]1CCCSOO[O-])/C=C1/Sc2ccc(Cl)cc2N1CCCS(=O)(=O)[O-].CC[n+]1ccccc1. The molecule has 47 heavy (non-hydrogen) atoms. The van der Waals surface area contributed by atoms with Gasteiger partial charge in [0.25, 0.3) is 5.01 Å². The summed E-state index contributed by atoms with van der Waals surface area (Å²) in [6, 6.07) is 17.5. The second kappa shape index (κ2) is 18.6. The number of benzene rings is 2. The molecule has 9 nitrogen and oxygen atoms in total. The Hall–Kier alpha value is -2.17. The summed E-state index contributed by atoms with van der Waals surface area (Å²) in [6.07, 6.45) is 10.1. The molecule has 0 spiro atoms. The zero-order valence-corrected chi connectivity index (χ0v) is 30.6. The summed E-state index contributed by atoms with van der Waals surface area (Å²) >= 11 is 16.8. The molecule has 1 aliphatic rings. The van der Waals surface area contributed by atoms with E-state index in [1.54, 1.807) is 23.1 Å². The van der Waals surface area contributed by atoms with Crippen molar-refractivity contribution in [3.05, 3.63) is 98.7 Å². The smallest absolute Gasteiger partial charge is 0.263 e. The van der Waals surface area contributed by atoms with Crippen molar-refractivity contribution >= 4 is 90.4 Å². The number of hydrogen-bond donors (Lipinski definition) is 0. The number of thioether (sulfide) groups is 1. The third kappa shape index (κ3) is 11.5. The highest BCUT2D eigenvalue weighted by Crippen LogP contribution is 2.47. The number of hydrogen-bond acceptors (Lipinski definition) is 10. The summed E-state index contributed by atoms with van der Waals surface area (Å²) in [6.45, 7) is 6.31. The number of aryl methyl sites for hydroxylation is 2. The van der Waals surface area contributed by atoms with Crippen LogP contribution in [0.3, 0.4) is 0 Å². The van der Waals surface area contributed by atoms with Gasteiger partial charge in [-0.3, -0.25) is 5.04 Å². The summed E-state index contributed by atoms with van der Waals surface area (Å²) in [5.41, 5.74) is 2.98. The normalized spacial score (nSPS) is 14.0. The van der Waals surface area contributed by atoms with E-state index in [0.29, 0.717) is 28.9 Å². The Morgan fingerprint density at radius 1 is 1.06 bits per heavy atom. The van der Waals surface area contributed by atoms with Gasteiger partial charge in [-0.2, -0.15) is 8.90 Å². The minimum Gasteiger partial charge on any atom is -0.748 e. The molecule has 0 radical (unpaired) electrons. The summed E-state index contributed by atoms with van der Waals surface area (Å²) in [7, 11) is -4.30. The van der Waals surface area contributed by atoms with Crippen LogP contribution in [0.25, 0.3) is 16.3 Å². The lowest BCUT2D eigenvalue weighted by Gasteiger charge is -2.21. The summed E-state index contributed by atoms with van der Waals surface area (Å²) in [5, 5.41) is 16.7. The van der Waals surface area contributed by atoms with Crippen molar-refractivity contribution in [1.29, 1.82) is 0 Å². The minimum atomic E-state index is -4.30. The van der Waals surface area contributed by atoms with Crippen molar-refractivity contribution in [2.24, 2.45) is 0 Å². The van der Waals surface area contributed by atoms with E-state index < -0.39 is 15.9 Å². The zero-order valence-electron chi connectivity index (χ0n) is 25.8. The average molecular weight is 757 g/mol. The number of fused-ring (bicyclic) bond motifs is 2. The predicted octanol–water partition coefficient (Wildman–Crippen LogP) is 6.93. The predicted molar refractivity (Wildman–Crippen MR) is 189 cm³/mol. The van der Waals surface area contributed by atoms with Crippen LogP contribution in [0.1, 0.15) is 38.1 Å². The Bertz CT molecular complexity index is 1800. The molecule has 2 aromatic carbocycles. The van der Waals surface area contributed by atoms with Gasteiger partial charge >= 0.3 is 0 Å². The van der Waals surface area contributed by atoms with E-state index in [1.807, 2.05) is 59.5 Å². The van der Waals surface area contributed by atoms with Crippen molar-refractivity contribution in [3.8, 4) is 0 Å². The highest BCUT2D eigenvalue weighted by atomic mass is 35.5. The number of thiazole rings is 1. The zero-order chi connectivity index (χ0) is 33.8. The molecule has 4 aromatic rings. The summed E-state index contributed by atoms with van der Waals surface area (Å²) in [5.74, 6) is 0.148. The van der Waals surface area contributed by atoms with Gasteiger partial charge in [0, 0.05) is 75.7 Å². The molecular formula is C32H35Cl2N3O6S4. The van der Waals surface area contributed by atoms with Gasteiger partial charge in [0.2, 0.25) is 5.52 Å². The molecule has 0 N–H and O–H groups in total. The maximum Gasteiger partial charge on any atom is 0.263 e. The van der Waals surface area contributed by atoms with E-state index in [4.69, 9.17) is 23.2 Å². The Balaban J connectivity index is 0.000000546. The van der Waals surface area contributed by atoms with Crippen LogP contribution in [-0.2, 0) is 32.6 Å². The Labute approximate surface area is 298 Å². The number of rotatable bonds is 14. The molecule has 0 amide bonds. The largest absolute Gasteiger partial charge is 0.748 e. The van der Waals surface area contributed by atoms with Gasteiger partial charge in [-0.15, -0.1) is 0 Å². The highest BCUT2D eigenvalue weighted by Gasteiger charge is 2.26. The summed E-state index contributed by atoms with van der Waals surface area (Å²) < 4.78 is 43.4. The summed E-state index contributed by atoms with van der Waals surface area (Å²) in [4.78, 5) is 3.04. The van der Waals surface area contributed by atoms with Crippen LogP contribution in [-0.4, -0.2) is 31.0 Å². The lowest BCUT2D eigenvalue weighted by molar-refractivity contribution is -0.777. The first-order chi connectivity index (χ1) is 22.6. The maximum absolute atomic E-state index is 11.2. The maximum atomic E-state index is 11.2. The van der Waals surface area contributed by atoms with Gasteiger partial charge in [-0.25, -0.2) is 13.0 Å². The van der Waals surface area contributed by atoms with E-state index in [-0.39, 0.29) is 6.42 Å². The quantitative estimate of drug-likeness (QED) is 0.0338. The molecule has 0 atom stereocenters. The van der Waals surface area contributed by atoms with Gasteiger partial charge in [-0.05, 0) is 61.7 Å². The lowest BCUT2D eigenvalue weighted by atomic mass is 10.2. The van der Waals surface area contributed by atoms with E-state index in [9.17, 15) is 18.2 Å². The van der Waals surface area contributed by atoms with Crippen molar-refractivity contribution < 1.29 is 36.7 Å². The van der Waals surface area contributed by atoms with Crippen LogP contribution in [0.5, 0.6) is 0 Å². The number of aromatic nitrogens is 2. The van der Waals surface area contributed by atoms with Crippen LogP contribution in [0.15, 0.2) is 88.6 Å². The molecule has 3 heterocycles. The molecule has 5 rings (SSSR count). The number of pyridine rings is 1. The second-order valence-corrected chi connectivity index (χ2v) is 15.6. The topological polar surface area (TPSA) is 110 Å². The van der Waals surface area contributed by atoms with Crippen LogP contribution in [0.4, 0.5) is 5.69 Å². The number of anilines is 1. The van der Waals surface area contributed by atoms with E-state index in [1.165, 1.54) is 0 Å². The number of halogens is 2. The van der Waals surface area contributed by atoms with Crippen molar-refractivity contribution in [2.45, 2.75) is 51.1 Å². The molecule has 0 fully saturated rings. The number of nitrogens with zero attached hydrogens (tertiary/aromatic N) is 3. The standard InChI is InChI=1S/C25H26Cl2N2O6S4.C7H10N/c1-2-17(13-24-28(9-3-11-36-35-34-30)20-15-18(26)5-7-22(20)37-24)14-25-29(10-4-12-39(31,32)33)21-16-19(27)6-8-23(21)38-25;1-2-8-6-4-3-5-7-8/h5-8,13-16H,2-4,9-12H2,1H3,(H-,30,31,32,33);3-7H,2H2,1H3/q;+1/p-1. The van der Waals surface area contributed by atoms with E-state index in [2.05, 4.69) is 56.9 Å². The minimum absolute atomic E-state index is 0.205. The van der Waals surface area contributed by atoms with Crippen LogP contribution in [0, 0.1) is 0 Å². The monoisotopic (exact) mass is 755 g/mol. The van der Waals surface area contributed by atoms with Gasteiger partial charge in [-0.1, -0.05) is 59.3 Å². The van der Waals surface area contributed by atoms with Crippen molar-refractivity contribution in [2.75, 3.05) is 23.0 Å². The molecule has 0 aliphatic carbocycles. The highest BCUT2D eigenvalue weighted by molar-refractivity contribution is 8.03. The lowest BCUT2D eigenvalue weighted by Crippen LogP contribution is -2.35. The van der Waals surface area contributed by atoms with Crippen LogP contribution in [0.2, 0.25) is 10.0 Å². The van der Waals surface area contributed by atoms with Crippen molar-refractivity contribution in [1.82, 2.24) is 0 Å². The van der Waals surface area contributed by atoms with Crippen molar-refractivity contribution in [3.63, 3.8) is 0 Å². The molecule has 0 saturated carbocycles. The van der Waals surface area contributed by atoms with Gasteiger partial charge in [0.15, 0.2) is 18.9 Å². The second-order valence-electron chi connectivity index (χ2n) is 10.3. The molecule has 1 aliphatic heterocycles. The first kappa shape index (κ1) is 37.6. The fourth-order valence-corrected chi connectivity index (χ4v) is 8.23. The molecule has 15 heteroatoms. The Morgan fingerprint density at radius 3 is 2.49 bits per heavy atom. The van der Waals surface area contributed by atoms with Crippen LogP contribution >= 0.6 is 58.3 Å². The first-order valence-corrected chi connectivity index (χ1v) is 19.7. The third-order valence-electron chi connectivity index (χ3n) is 7.01.